The molecule has 90 valence electrons. The molecule has 2 rings (SSSR count). The van der Waals surface area contributed by atoms with Gasteiger partial charge in [-0.05, 0) is 24.5 Å². The lowest BCUT2D eigenvalue weighted by Gasteiger charge is -2.03. The fraction of sp³-hybridized carbons (Fsp3) is 0.385. The van der Waals surface area contributed by atoms with Crippen molar-refractivity contribution in [3.05, 3.63) is 30.6 Å². The summed E-state index contributed by atoms with van der Waals surface area (Å²) >= 11 is 0. The lowest BCUT2D eigenvalue weighted by Crippen LogP contribution is -2.02. The topological polar surface area (TPSA) is 56.7 Å². The fourth-order valence-corrected chi connectivity index (χ4v) is 1.60. The molecule has 0 amide bonds. The summed E-state index contributed by atoms with van der Waals surface area (Å²) in [5, 5.41) is 4.44. The number of nitrogen functional groups attached to an aromatic ring is 1. The largest absolute Gasteiger partial charge is 0.399 e. The number of nitrogens with two attached hydrogens (primary N) is 1. The maximum absolute atomic E-state index is 5.74. The molecular formula is C13H18N4. The Bertz CT molecular complexity index is 488. The number of aromatic nitrogens is 3. The first-order chi connectivity index (χ1) is 8.15. The van der Waals surface area contributed by atoms with E-state index in [1.807, 2.05) is 28.9 Å². The summed E-state index contributed by atoms with van der Waals surface area (Å²) in [6, 6.07) is 7.64. The van der Waals surface area contributed by atoms with Crippen molar-refractivity contribution in [1.29, 1.82) is 0 Å². The molecular weight excluding hydrogens is 212 g/mol. The van der Waals surface area contributed by atoms with Crippen LogP contribution in [0.4, 0.5) is 5.69 Å². The van der Waals surface area contributed by atoms with Crippen molar-refractivity contribution in [3.63, 3.8) is 0 Å². The zero-order valence-electron chi connectivity index (χ0n) is 10.3. The molecule has 0 aliphatic heterocycles. The number of nitrogens with zero attached hydrogens (tertiary/aromatic N) is 3. The molecule has 4 nitrogen and oxygen atoms in total. The molecule has 17 heavy (non-hydrogen) atoms. The van der Waals surface area contributed by atoms with E-state index in [0.29, 0.717) is 5.92 Å². The van der Waals surface area contributed by atoms with E-state index in [2.05, 4.69) is 23.9 Å². The van der Waals surface area contributed by atoms with E-state index in [4.69, 9.17) is 5.73 Å². The molecule has 0 spiro atoms. The Labute approximate surface area is 101 Å². The van der Waals surface area contributed by atoms with Crippen molar-refractivity contribution in [2.45, 2.75) is 26.8 Å². The van der Waals surface area contributed by atoms with Crippen LogP contribution in [-0.4, -0.2) is 14.8 Å². The summed E-state index contributed by atoms with van der Waals surface area (Å²) in [5.74, 6) is 1.41. The van der Waals surface area contributed by atoms with E-state index in [9.17, 15) is 0 Å². The van der Waals surface area contributed by atoms with Gasteiger partial charge in [-0.25, -0.2) is 4.98 Å². The predicted molar refractivity (Wildman–Crippen MR) is 69.3 cm³/mol. The number of hydrogen-bond acceptors (Lipinski definition) is 3. The van der Waals surface area contributed by atoms with Crippen LogP contribution in [0.1, 0.15) is 20.3 Å². The van der Waals surface area contributed by atoms with E-state index in [1.165, 1.54) is 0 Å². The average molecular weight is 230 g/mol. The van der Waals surface area contributed by atoms with E-state index in [1.54, 1.807) is 6.33 Å². The molecule has 2 aromatic rings. The van der Waals surface area contributed by atoms with Gasteiger partial charge < -0.3 is 5.73 Å². The molecule has 1 aromatic carbocycles. The summed E-state index contributed by atoms with van der Waals surface area (Å²) in [6.07, 6.45) is 2.89. The third kappa shape index (κ3) is 3.06. The molecule has 4 heteroatoms. The summed E-state index contributed by atoms with van der Waals surface area (Å²) in [6.45, 7) is 5.32. The van der Waals surface area contributed by atoms with Crippen molar-refractivity contribution in [2.24, 2.45) is 5.92 Å². The molecule has 0 aliphatic carbocycles. The quantitative estimate of drug-likeness (QED) is 0.821. The van der Waals surface area contributed by atoms with Gasteiger partial charge in [-0.15, -0.1) is 0 Å². The van der Waals surface area contributed by atoms with Crippen molar-refractivity contribution >= 4 is 5.69 Å². The van der Waals surface area contributed by atoms with E-state index in [0.717, 1.165) is 30.0 Å². The lowest BCUT2D eigenvalue weighted by molar-refractivity contribution is 0.487. The molecule has 0 saturated carbocycles. The number of aryl methyl sites for hydroxylation is 1. The Hall–Kier alpha value is -1.84. The van der Waals surface area contributed by atoms with Gasteiger partial charge in [-0.3, -0.25) is 4.68 Å². The Morgan fingerprint density at radius 1 is 1.35 bits per heavy atom. The van der Waals surface area contributed by atoms with Gasteiger partial charge in [0.15, 0.2) is 5.82 Å². The van der Waals surface area contributed by atoms with Gasteiger partial charge >= 0.3 is 0 Å². The minimum Gasteiger partial charge on any atom is -0.399 e. The third-order valence-electron chi connectivity index (χ3n) is 2.62. The van der Waals surface area contributed by atoms with Crippen molar-refractivity contribution in [1.82, 2.24) is 14.8 Å². The van der Waals surface area contributed by atoms with Gasteiger partial charge in [-0.2, -0.15) is 5.10 Å². The molecule has 1 aromatic heterocycles. The number of rotatable bonds is 4. The summed E-state index contributed by atoms with van der Waals surface area (Å²) in [4.78, 5) is 4.30. The molecule has 0 bridgehead atoms. The van der Waals surface area contributed by atoms with Gasteiger partial charge in [0.05, 0.1) is 0 Å². The highest BCUT2D eigenvalue weighted by Crippen LogP contribution is 2.17. The highest BCUT2D eigenvalue weighted by Gasteiger charge is 2.04. The monoisotopic (exact) mass is 230 g/mol. The van der Waals surface area contributed by atoms with Crippen LogP contribution < -0.4 is 5.73 Å². The van der Waals surface area contributed by atoms with Gasteiger partial charge in [0.2, 0.25) is 0 Å². The van der Waals surface area contributed by atoms with Gasteiger partial charge in [0.25, 0.3) is 0 Å². The minimum absolute atomic E-state index is 0.676. The highest BCUT2D eigenvalue weighted by molar-refractivity contribution is 5.60. The van der Waals surface area contributed by atoms with Gasteiger partial charge in [-0.1, -0.05) is 26.0 Å². The predicted octanol–water partition coefficient (Wildman–Crippen LogP) is 2.57. The normalized spacial score (nSPS) is 11.0. The third-order valence-corrected chi connectivity index (χ3v) is 2.62. The first-order valence-electron chi connectivity index (χ1n) is 5.90. The first-order valence-corrected chi connectivity index (χ1v) is 5.90. The zero-order valence-corrected chi connectivity index (χ0v) is 10.3. The maximum Gasteiger partial charge on any atom is 0.181 e. The Balaban J connectivity index is 2.12. The second-order valence-electron chi connectivity index (χ2n) is 4.64. The van der Waals surface area contributed by atoms with Gasteiger partial charge in [0.1, 0.15) is 6.33 Å². The number of anilines is 1. The van der Waals surface area contributed by atoms with Crippen molar-refractivity contribution < 1.29 is 0 Å². The smallest absolute Gasteiger partial charge is 0.181 e. The maximum atomic E-state index is 5.74. The lowest BCUT2D eigenvalue weighted by atomic mass is 10.1. The molecule has 0 atom stereocenters. The van der Waals surface area contributed by atoms with Gasteiger partial charge in [0, 0.05) is 17.8 Å². The van der Waals surface area contributed by atoms with Crippen LogP contribution >= 0.6 is 0 Å². The zero-order chi connectivity index (χ0) is 12.3. The summed E-state index contributed by atoms with van der Waals surface area (Å²) in [5.41, 5.74) is 7.44. The molecule has 0 aliphatic rings. The van der Waals surface area contributed by atoms with Crippen LogP contribution in [0.25, 0.3) is 11.4 Å². The van der Waals surface area contributed by atoms with Crippen LogP contribution in [0, 0.1) is 5.92 Å². The number of hydrogen-bond donors (Lipinski definition) is 1. The Morgan fingerprint density at radius 2 is 2.18 bits per heavy atom. The Kier molecular flexibility index (Phi) is 3.42. The standard InChI is InChI=1S/C13H18N4/c1-10(2)6-7-17-9-15-13(16-17)11-4-3-5-12(14)8-11/h3-5,8-10H,6-7,14H2,1-2H3. The van der Waals surface area contributed by atoms with E-state index < -0.39 is 0 Å². The SMILES string of the molecule is CC(C)CCn1cnc(-c2cccc(N)c2)n1. The molecule has 0 unspecified atom stereocenters. The summed E-state index contributed by atoms with van der Waals surface area (Å²) in [7, 11) is 0. The van der Waals surface area contributed by atoms with Crippen LogP contribution in [0.15, 0.2) is 30.6 Å². The Morgan fingerprint density at radius 3 is 2.88 bits per heavy atom. The average Bonchev–Trinajstić information content (AvgIpc) is 2.75. The van der Waals surface area contributed by atoms with Crippen LogP contribution in [0.3, 0.4) is 0 Å². The molecule has 0 radical (unpaired) electrons. The molecule has 0 fully saturated rings. The second-order valence-corrected chi connectivity index (χ2v) is 4.64. The van der Waals surface area contributed by atoms with Crippen LogP contribution in [0.5, 0.6) is 0 Å². The van der Waals surface area contributed by atoms with E-state index >= 15 is 0 Å². The second kappa shape index (κ2) is 4.99. The van der Waals surface area contributed by atoms with Crippen molar-refractivity contribution in [3.8, 4) is 11.4 Å². The molecule has 0 saturated heterocycles. The minimum atomic E-state index is 0.676. The highest BCUT2D eigenvalue weighted by atomic mass is 15.3. The van der Waals surface area contributed by atoms with E-state index in [-0.39, 0.29) is 0 Å². The first kappa shape index (κ1) is 11.6. The van der Waals surface area contributed by atoms with Crippen molar-refractivity contribution in [2.75, 3.05) is 5.73 Å². The van der Waals surface area contributed by atoms with Crippen LogP contribution in [-0.2, 0) is 6.54 Å². The summed E-state index contributed by atoms with van der Waals surface area (Å²) < 4.78 is 1.89. The fourth-order valence-electron chi connectivity index (χ4n) is 1.60. The molecule has 1 heterocycles. The van der Waals surface area contributed by atoms with Crippen LogP contribution in [0.2, 0.25) is 0 Å². The molecule has 2 N–H and O–H groups in total. The number of benzene rings is 1.